The number of hydrogen-bond donors (Lipinski definition) is 0. The van der Waals surface area contributed by atoms with Gasteiger partial charge in [0.15, 0.2) is 9.84 Å². The molecule has 0 radical (unpaired) electrons. The number of alkyl halides is 2. The van der Waals surface area contributed by atoms with Crippen molar-refractivity contribution in [1.29, 1.82) is 0 Å². The van der Waals surface area contributed by atoms with Crippen LogP contribution in [0.2, 0.25) is 0 Å². The van der Waals surface area contributed by atoms with Crippen LogP contribution in [0.3, 0.4) is 0 Å². The molecule has 6 heteroatoms. The summed E-state index contributed by atoms with van der Waals surface area (Å²) in [7, 11) is -3.36. The van der Waals surface area contributed by atoms with Gasteiger partial charge in [-0.05, 0) is 58.7 Å². The quantitative estimate of drug-likeness (QED) is 0.825. The van der Waals surface area contributed by atoms with E-state index in [1.807, 2.05) is 0 Å². The number of hydrogen-bond acceptors (Lipinski definition) is 2. The molecule has 0 fully saturated rings. The van der Waals surface area contributed by atoms with E-state index in [0.29, 0.717) is 11.1 Å². The van der Waals surface area contributed by atoms with Crippen LogP contribution in [0.4, 0.5) is 13.2 Å². The predicted molar refractivity (Wildman–Crippen MR) is 86.9 cm³/mol. The van der Waals surface area contributed by atoms with Crippen LogP contribution in [0.15, 0.2) is 65.6 Å². The van der Waals surface area contributed by atoms with E-state index in [9.17, 15) is 21.6 Å². The van der Waals surface area contributed by atoms with Crippen molar-refractivity contribution < 1.29 is 21.6 Å². The summed E-state index contributed by atoms with van der Waals surface area (Å²) in [6, 6.07) is 11.0. The molecule has 0 heterocycles. The summed E-state index contributed by atoms with van der Waals surface area (Å²) < 4.78 is 63.8. The topological polar surface area (TPSA) is 34.1 Å². The van der Waals surface area contributed by atoms with Gasteiger partial charge >= 0.3 is 0 Å². The van der Waals surface area contributed by atoms with Gasteiger partial charge in [0, 0.05) is 6.26 Å². The fourth-order valence-corrected chi connectivity index (χ4v) is 3.20. The van der Waals surface area contributed by atoms with E-state index in [4.69, 9.17) is 0 Å². The number of halogens is 3. The predicted octanol–water partition coefficient (Wildman–Crippen LogP) is 4.35. The molecule has 0 unspecified atom stereocenters. The molecular formula is C18H13F3O2S. The molecule has 24 heavy (non-hydrogen) atoms. The Balaban J connectivity index is 2.05. The first-order chi connectivity index (χ1) is 11.2. The van der Waals surface area contributed by atoms with Crippen LogP contribution in [0.1, 0.15) is 11.1 Å². The van der Waals surface area contributed by atoms with Crippen molar-refractivity contribution in [3.05, 3.63) is 77.6 Å². The Labute approximate surface area is 137 Å². The molecule has 3 rings (SSSR count). The molecule has 1 aliphatic rings. The summed E-state index contributed by atoms with van der Waals surface area (Å²) >= 11 is 0. The lowest BCUT2D eigenvalue weighted by molar-refractivity contribution is 0.115. The maximum Gasteiger partial charge on any atom is 0.286 e. The van der Waals surface area contributed by atoms with E-state index in [0.717, 1.165) is 18.4 Å². The van der Waals surface area contributed by atoms with Crippen LogP contribution in [-0.2, 0) is 9.84 Å². The van der Waals surface area contributed by atoms with Crippen LogP contribution in [-0.4, -0.2) is 20.6 Å². The summed E-state index contributed by atoms with van der Waals surface area (Å²) in [4.78, 5) is 0.115. The molecule has 124 valence electrons. The normalized spacial score (nSPS) is 16.7. The zero-order valence-corrected chi connectivity index (χ0v) is 13.4. The molecule has 0 saturated carbocycles. The molecule has 0 aliphatic heterocycles. The van der Waals surface area contributed by atoms with Crippen LogP contribution in [0, 0.1) is 5.82 Å². The van der Waals surface area contributed by atoms with Crippen molar-refractivity contribution in [3.8, 4) is 0 Å². The highest BCUT2D eigenvalue weighted by Gasteiger charge is 2.33. The smallest absolute Gasteiger partial charge is 0.224 e. The molecule has 0 spiro atoms. The van der Waals surface area contributed by atoms with Crippen molar-refractivity contribution in [1.82, 2.24) is 0 Å². The van der Waals surface area contributed by atoms with Gasteiger partial charge in [-0.15, -0.1) is 0 Å². The van der Waals surface area contributed by atoms with E-state index in [1.165, 1.54) is 48.5 Å². The molecule has 0 bridgehead atoms. The average Bonchev–Trinajstić information content (AvgIpc) is 2.83. The van der Waals surface area contributed by atoms with Gasteiger partial charge in [-0.2, -0.15) is 8.78 Å². The van der Waals surface area contributed by atoms with Crippen molar-refractivity contribution in [3.63, 3.8) is 0 Å². The molecule has 2 nitrogen and oxygen atoms in total. The maximum atomic E-state index is 13.8. The summed E-state index contributed by atoms with van der Waals surface area (Å²) in [5, 5.41) is 0. The lowest BCUT2D eigenvalue weighted by atomic mass is 9.95. The minimum absolute atomic E-state index is 0.115. The number of rotatable bonds is 3. The molecule has 2 aromatic rings. The zero-order chi connectivity index (χ0) is 17.5. The average molecular weight is 350 g/mol. The minimum Gasteiger partial charge on any atom is -0.224 e. The molecule has 0 amide bonds. The Kier molecular flexibility index (Phi) is 3.87. The highest BCUT2D eigenvalue weighted by molar-refractivity contribution is 7.90. The third-order valence-electron chi connectivity index (χ3n) is 3.71. The van der Waals surface area contributed by atoms with Gasteiger partial charge in [0.05, 0.1) is 4.90 Å². The molecule has 1 aliphatic carbocycles. The first-order valence-electron chi connectivity index (χ1n) is 7.06. The standard InChI is InChI=1S/C18H13F3O2S/c1-24(22,23)15-8-4-13(5-9-15)17-11-18(20,21)10-16(17)12-2-6-14(19)7-3-12/h2-11H,1H3. The summed E-state index contributed by atoms with van der Waals surface area (Å²) in [5.74, 6) is -3.57. The Morgan fingerprint density at radius 2 is 1.21 bits per heavy atom. The second-order valence-electron chi connectivity index (χ2n) is 5.59. The van der Waals surface area contributed by atoms with Gasteiger partial charge in [0.1, 0.15) is 5.82 Å². The van der Waals surface area contributed by atoms with E-state index >= 15 is 0 Å². The van der Waals surface area contributed by atoms with Gasteiger partial charge in [-0.25, -0.2) is 12.8 Å². The molecule has 0 atom stereocenters. The van der Waals surface area contributed by atoms with Crippen LogP contribution in [0.5, 0.6) is 0 Å². The lowest BCUT2D eigenvalue weighted by Gasteiger charge is -2.10. The Morgan fingerprint density at radius 3 is 1.62 bits per heavy atom. The monoisotopic (exact) mass is 350 g/mol. The summed E-state index contributed by atoms with van der Waals surface area (Å²) in [6.07, 6.45) is 2.72. The van der Waals surface area contributed by atoms with E-state index in [-0.39, 0.29) is 16.0 Å². The summed E-state index contributed by atoms with van der Waals surface area (Å²) in [6.45, 7) is 0. The third-order valence-corrected chi connectivity index (χ3v) is 4.84. The zero-order valence-electron chi connectivity index (χ0n) is 12.6. The van der Waals surface area contributed by atoms with Crippen molar-refractivity contribution >= 4 is 21.0 Å². The fraction of sp³-hybridized carbons (Fsp3) is 0.111. The van der Waals surface area contributed by atoms with Crippen molar-refractivity contribution in [2.24, 2.45) is 0 Å². The van der Waals surface area contributed by atoms with Gasteiger partial charge in [0.25, 0.3) is 5.92 Å². The second kappa shape index (κ2) is 5.63. The van der Waals surface area contributed by atoms with Crippen LogP contribution < -0.4 is 0 Å². The van der Waals surface area contributed by atoms with Crippen LogP contribution in [0.25, 0.3) is 11.1 Å². The first-order valence-corrected chi connectivity index (χ1v) is 8.95. The molecule has 0 N–H and O–H groups in total. The molecule has 0 aromatic heterocycles. The maximum absolute atomic E-state index is 13.8. The van der Waals surface area contributed by atoms with Crippen LogP contribution >= 0.6 is 0 Å². The van der Waals surface area contributed by atoms with Crippen molar-refractivity contribution in [2.75, 3.05) is 6.26 Å². The fourth-order valence-electron chi connectivity index (χ4n) is 2.57. The van der Waals surface area contributed by atoms with E-state index in [1.54, 1.807) is 0 Å². The Hall–Kier alpha value is -2.34. The number of benzene rings is 2. The third kappa shape index (κ3) is 3.28. The highest BCUT2D eigenvalue weighted by atomic mass is 32.2. The van der Waals surface area contributed by atoms with Gasteiger partial charge in [-0.1, -0.05) is 24.3 Å². The second-order valence-corrected chi connectivity index (χ2v) is 7.61. The molecule has 2 aromatic carbocycles. The SMILES string of the molecule is CS(=O)(=O)c1ccc(C2=CC(F)(F)C=C2c2ccc(F)cc2)cc1. The Morgan fingerprint density at radius 1 is 0.792 bits per heavy atom. The Bertz CT molecular complexity index is 939. The molecular weight excluding hydrogens is 337 g/mol. The van der Waals surface area contributed by atoms with Gasteiger partial charge < -0.3 is 0 Å². The number of sulfone groups is 1. The summed E-state index contributed by atoms with van der Waals surface area (Å²) in [5.41, 5.74) is 1.50. The minimum atomic E-state index is -3.36. The van der Waals surface area contributed by atoms with Gasteiger partial charge in [-0.3, -0.25) is 0 Å². The van der Waals surface area contributed by atoms with Crippen molar-refractivity contribution in [2.45, 2.75) is 10.8 Å². The molecule has 0 saturated heterocycles. The first kappa shape index (κ1) is 16.5. The largest absolute Gasteiger partial charge is 0.286 e. The lowest BCUT2D eigenvalue weighted by Crippen LogP contribution is -2.03. The van der Waals surface area contributed by atoms with E-state index in [2.05, 4.69) is 0 Å². The van der Waals surface area contributed by atoms with E-state index < -0.39 is 21.6 Å². The van der Waals surface area contributed by atoms with Gasteiger partial charge in [0.2, 0.25) is 0 Å². The highest BCUT2D eigenvalue weighted by Crippen LogP contribution is 2.42. The number of allylic oxidation sites excluding steroid dienone is 4.